The molecule has 2 rings (SSSR count). The lowest BCUT2D eigenvalue weighted by Crippen LogP contribution is -2.39. The van der Waals surface area contributed by atoms with Crippen molar-refractivity contribution in [1.82, 2.24) is 4.90 Å². The average molecular weight is 306 g/mol. The molecule has 1 unspecified atom stereocenters. The van der Waals surface area contributed by atoms with Gasteiger partial charge >= 0.3 is 0 Å². The predicted octanol–water partition coefficient (Wildman–Crippen LogP) is 3.21. The van der Waals surface area contributed by atoms with E-state index in [1.807, 2.05) is 24.3 Å². The van der Waals surface area contributed by atoms with E-state index in [2.05, 4.69) is 0 Å². The van der Waals surface area contributed by atoms with E-state index in [0.717, 1.165) is 10.5 Å². The van der Waals surface area contributed by atoms with Crippen LogP contribution in [0.1, 0.15) is 11.5 Å². The molecule has 0 aliphatic carbocycles. The summed E-state index contributed by atoms with van der Waals surface area (Å²) in [5.74, 6) is 0.196. The van der Waals surface area contributed by atoms with Crippen LogP contribution in [-0.4, -0.2) is 42.0 Å². The van der Waals surface area contributed by atoms with Crippen molar-refractivity contribution in [2.75, 3.05) is 24.7 Å². The minimum atomic E-state index is -2.53. The molecule has 0 radical (unpaired) electrons. The van der Waals surface area contributed by atoms with Crippen LogP contribution < -0.4 is 0 Å². The third kappa shape index (κ3) is 3.39. The monoisotopic (exact) mass is 305 g/mol. The van der Waals surface area contributed by atoms with E-state index in [1.54, 1.807) is 11.8 Å². The number of hydrogen-bond donors (Lipinski definition) is 0. The van der Waals surface area contributed by atoms with E-state index < -0.39 is 13.0 Å². The number of halogens is 3. The fourth-order valence-corrected chi connectivity index (χ4v) is 3.57. The van der Waals surface area contributed by atoms with Gasteiger partial charge in [0.05, 0.1) is 12.5 Å². The molecule has 1 heterocycles. The van der Waals surface area contributed by atoms with Crippen LogP contribution in [0.5, 0.6) is 0 Å². The van der Waals surface area contributed by atoms with Gasteiger partial charge in [-0.3, -0.25) is 4.79 Å². The number of carbonyl (C=O) groups is 1. The quantitative estimate of drug-likeness (QED) is 0.779. The lowest BCUT2D eigenvalue weighted by atomic mass is 10.00. The van der Waals surface area contributed by atoms with Gasteiger partial charge in [0.1, 0.15) is 0 Å². The number of nitrogens with zero attached hydrogens (tertiary/aromatic N) is 1. The summed E-state index contributed by atoms with van der Waals surface area (Å²) in [5, 5.41) is 0. The average Bonchev–Trinajstić information content (AvgIpc) is 2.80. The highest BCUT2D eigenvalue weighted by Crippen LogP contribution is 2.40. The van der Waals surface area contributed by atoms with E-state index in [4.69, 9.17) is 11.6 Å². The first kappa shape index (κ1) is 14.6. The molecule has 19 heavy (non-hydrogen) atoms. The number of alkyl halides is 3. The highest BCUT2D eigenvalue weighted by atomic mass is 35.5. The highest BCUT2D eigenvalue weighted by Gasteiger charge is 2.32. The van der Waals surface area contributed by atoms with Gasteiger partial charge in [-0.05, 0) is 11.6 Å². The first-order valence-corrected chi connectivity index (χ1v) is 7.50. The number of thioether (sulfide) groups is 1. The molecule has 6 heteroatoms. The molecule has 0 saturated carbocycles. The normalized spacial score (nSPS) is 17.6. The van der Waals surface area contributed by atoms with Gasteiger partial charge in [-0.2, -0.15) is 0 Å². The molecule has 0 bridgehead atoms. The molecular weight excluding hydrogens is 292 g/mol. The number of rotatable bonds is 5. The number of amides is 1. The van der Waals surface area contributed by atoms with Crippen molar-refractivity contribution in [2.24, 2.45) is 0 Å². The lowest BCUT2D eigenvalue weighted by molar-refractivity contribution is -0.133. The Kier molecular flexibility index (Phi) is 5.05. The van der Waals surface area contributed by atoms with Crippen LogP contribution in [0.15, 0.2) is 29.2 Å². The van der Waals surface area contributed by atoms with Crippen LogP contribution in [0.25, 0.3) is 0 Å². The molecule has 0 aromatic heterocycles. The molecule has 1 aliphatic heterocycles. The second-order valence-electron chi connectivity index (χ2n) is 4.27. The van der Waals surface area contributed by atoms with Crippen molar-refractivity contribution in [2.45, 2.75) is 17.2 Å². The zero-order valence-corrected chi connectivity index (χ0v) is 11.8. The predicted molar refractivity (Wildman–Crippen MR) is 73.2 cm³/mol. The Morgan fingerprint density at radius 1 is 1.47 bits per heavy atom. The fourth-order valence-electron chi connectivity index (χ4n) is 2.15. The van der Waals surface area contributed by atoms with Crippen molar-refractivity contribution in [1.29, 1.82) is 0 Å². The van der Waals surface area contributed by atoms with E-state index in [1.165, 1.54) is 4.90 Å². The summed E-state index contributed by atoms with van der Waals surface area (Å²) in [5.41, 5.74) is 0.936. The molecular formula is C13H14ClF2NOS. The fraction of sp³-hybridized carbons (Fsp3) is 0.462. The molecule has 2 nitrogen and oxygen atoms in total. The highest BCUT2D eigenvalue weighted by molar-refractivity contribution is 7.99. The van der Waals surface area contributed by atoms with Crippen LogP contribution in [0.2, 0.25) is 0 Å². The summed E-state index contributed by atoms with van der Waals surface area (Å²) in [6.45, 7) is -0.386. The Bertz CT molecular complexity index is 458. The lowest BCUT2D eigenvalue weighted by Gasteiger charge is -2.24. The number of fused-ring (bicyclic) bond motifs is 1. The van der Waals surface area contributed by atoms with Gasteiger partial charge in [0.15, 0.2) is 0 Å². The van der Waals surface area contributed by atoms with Gasteiger partial charge in [-0.1, -0.05) is 18.2 Å². The van der Waals surface area contributed by atoms with E-state index in [0.29, 0.717) is 5.75 Å². The molecule has 0 fully saturated rings. The number of hydrogen-bond acceptors (Lipinski definition) is 2. The van der Waals surface area contributed by atoms with Gasteiger partial charge in [0, 0.05) is 23.1 Å². The summed E-state index contributed by atoms with van der Waals surface area (Å²) in [4.78, 5) is 14.6. The minimum absolute atomic E-state index is 0.161. The van der Waals surface area contributed by atoms with E-state index in [-0.39, 0.29) is 24.2 Å². The molecule has 1 amide bonds. The Labute approximate surface area is 120 Å². The molecule has 0 N–H and O–H groups in total. The van der Waals surface area contributed by atoms with Crippen LogP contribution in [-0.2, 0) is 4.79 Å². The van der Waals surface area contributed by atoms with Crippen molar-refractivity contribution >= 4 is 29.3 Å². The second-order valence-corrected chi connectivity index (χ2v) is 5.71. The molecule has 1 atom stereocenters. The molecule has 0 spiro atoms. The number of carbonyl (C=O) groups excluding carboxylic acids is 1. The maximum absolute atomic E-state index is 12.5. The van der Waals surface area contributed by atoms with Crippen molar-refractivity contribution < 1.29 is 13.6 Å². The standard InChI is InChI=1S/C13H14ClF2NOS/c14-5-6-17(7-12(15)16)13(18)10-8-19-11-4-2-1-3-9(10)11/h1-4,10,12H,5-8H2. The summed E-state index contributed by atoms with van der Waals surface area (Å²) in [6.07, 6.45) is -2.53. The smallest absolute Gasteiger partial charge is 0.255 e. The Balaban J connectivity index is 2.14. The zero-order valence-electron chi connectivity index (χ0n) is 10.2. The minimum Gasteiger partial charge on any atom is -0.335 e. The van der Waals surface area contributed by atoms with Gasteiger partial charge in [-0.25, -0.2) is 8.78 Å². The third-order valence-corrected chi connectivity index (χ3v) is 4.37. The zero-order chi connectivity index (χ0) is 13.8. The summed E-state index contributed by atoms with van der Waals surface area (Å²) < 4.78 is 25.0. The Morgan fingerprint density at radius 2 is 2.21 bits per heavy atom. The van der Waals surface area contributed by atoms with Gasteiger partial charge in [-0.15, -0.1) is 23.4 Å². The maximum Gasteiger partial charge on any atom is 0.255 e. The third-order valence-electron chi connectivity index (χ3n) is 3.02. The van der Waals surface area contributed by atoms with Crippen LogP contribution in [0.4, 0.5) is 8.78 Å². The largest absolute Gasteiger partial charge is 0.335 e. The molecule has 0 saturated heterocycles. The van der Waals surface area contributed by atoms with E-state index in [9.17, 15) is 13.6 Å². The second kappa shape index (κ2) is 6.57. The molecule has 1 aromatic rings. The van der Waals surface area contributed by atoms with Crippen molar-refractivity contribution in [3.05, 3.63) is 29.8 Å². The van der Waals surface area contributed by atoms with E-state index >= 15 is 0 Å². The first-order valence-electron chi connectivity index (χ1n) is 5.98. The van der Waals surface area contributed by atoms with Crippen LogP contribution in [0.3, 0.4) is 0 Å². The first-order chi connectivity index (χ1) is 9.13. The summed E-state index contributed by atoms with van der Waals surface area (Å²) in [6, 6.07) is 7.61. The SMILES string of the molecule is O=C(C1CSc2ccccc21)N(CCCl)CC(F)F. The van der Waals surface area contributed by atoms with Crippen LogP contribution in [0, 0.1) is 0 Å². The Morgan fingerprint density at radius 3 is 2.89 bits per heavy atom. The van der Waals surface area contributed by atoms with Gasteiger partial charge < -0.3 is 4.90 Å². The molecule has 1 aromatic carbocycles. The number of benzene rings is 1. The van der Waals surface area contributed by atoms with Gasteiger partial charge in [0.25, 0.3) is 6.43 Å². The molecule has 1 aliphatic rings. The maximum atomic E-state index is 12.5. The summed E-state index contributed by atoms with van der Waals surface area (Å²) in [7, 11) is 0. The van der Waals surface area contributed by atoms with Crippen molar-refractivity contribution in [3.63, 3.8) is 0 Å². The van der Waals surface area contributed by atoms with Crippen molar-refractivity contribution in [3.8, 4) is 0 Å². The van der Waals surface area contributed by atoms with Gasteiger partial charge in [0.2, 0.25) is 5.91 Å². The summed E-state index contributed by atoms with van der Waals surface area (Å²) >= 11 is 7.18. The Hall–Kier alpha value is -0.810. The van der Waals surface area contributed by atoms with Crippen LogP contribution >= 0.6 is 23.4 Å². The molecule has 104 valence electrons. The topological polar surface area (TPSA) is 20.3 Å².